The van der Waals surface area contributed by atoms with Crippen LogP contribution in [0, 0.1) is 0 Å². The van der Waals surface area contributed by atoms with E-state index in [9.17, 15) is 0 Å². The van der Waals surface area contributed by atoms with Gasteiger partial charge in [-0.15, -0.1) is 11.3 Å². The number of unbranched alkanes of at least 4 members (excludes halogenated alkanes) is 3. The maximum absolute atomic E-state index is 4.97. The average Bonchev–Trinajstić information content (AvgIpc) is 2.98. The highest BCUT2D eigenvalue weighted by Crippen LogP contribution is 2.63. The molecule has 0 amide bonds. The molecule has 0 bridgehead atoms. The van der Waals surface area contributed by atoms with Crippen LogP contribution < -0.4 is 0 Å². The summed E-state index contributed by atoms with van der Waals surface area (Å²) in [7, 11) is -0.875. The summed E-state index contributed by atoms with van der Waals surface area (Å²) in [6.45, 7) is 7.02. The number of hydrogen-bond donors (Lipinski definition) is 0. The second-order valence-electron chi connectivity index (χ2n) is 6.81. The first kappa shape index (κ1) is 18.9. The van der Waals surface area contributed by atoms with Crippen molar-refractivity contribution in [3.8, 4) is 0 Å². The smallest absolute Gasteiger partial charge is 0.131 e. The molecular weight excluding hydrogens is 317 g/mol. The zero-order valence-corrected chi connectivity index (χ0v) is 16.9. The van der Waals surface area contributed by atoms with E-state index >= 15 is 0 Å². The van der Waals surface area contributed by atoms with Crippen LogP contribution in [-0.2, 0) is 6.16 Å². The third-order valence-corrected chi connectivity index (χ3v) is 10.8. The topological polar surface area (TPSA) is 12.9 Å². The fraction of sp³-hybridized carbons (Fsp3) is 0.650. The second kappa shape index (κ2) is 9.74. The maximum Gasteiger partial charge on any atom is 0.131 e. The summed E-state index contributed by atoms with van der Waals surface area (Å²) in [5.74, 6) is 0. The molecule has 0 aliphatic rings. The predicted octanol–water partition coefficient (Wildman–Crippen LogP) is 7.21. The summed E-state index contributed by atoms with van der Waals surface area (Å²) < 4.78 is 1.36. The molecule has 128 valence electrons. The van der Waals surface area contributed by atoms with Crippen molar-refractivity contribution in [1.29, 1.82) is 0 Å². The Balaban J connectivity index is 2.21. The van der Waals surface area contributed by atoms with Crippen LogP contribution in [0.15, 0.2) is 24.3 Å². The minimum atomic E-state index is -0.875. The lowest BCUT2D eigenvalue weighted by atomic mass is 10.3. The Bertz CT molecular complexity index is 523. The molecule has 1 aromatic carbocycles. The average molecular weight is 351 g/mol. The highest BCUT2D eigenvalue weighted by molar-refractivity contribution is 7.75. The van der Waals surface area contributed by atoms with Gasteiger partial charge in [-0.2, -0.15) is 0 Å². The molecule has 0 N–H and O–H groups in total. The minimum absolute atomic E-state index is 0.875. The molecule has 0 aliphatic heterocycles. The fourth-order valence-corrected chi connectivity index (χ4v) is 9.92. The van der Waals surface area contributed by atoms with Crippen LogP contribution in [0.5, 0.6) is 0 Å². The van der Waals surface area contributed by atoms with Crippen LogP contribution >= 0.6 is 18.6 Å². The SMILES string of the molecule is CCCC[P+](CCCC)(CCCC)Cc1nc2ccccc2s1. The lowest BCUT2D eigenvalue weighted by Gasteiger charge is -2.27. The molecule has 1 aromatic heterocycles. The van der Waals surface area contributed by atoms with Crippen LogP contribution in [0.25, 0.3) is 10.2 Å². The van der Waals surface area contributed by atoms with Crippen molar-refractivity contribution in [3.05, 3.63) is 29.3 Å². The van der Waals surface area contributed by atoms with Crippen LogP contribution in [0.1, 0.15) is 64.3 Å². The summed E-state index contributed by atoms with van der Waals surface area (Å²) in [5, 5.41) is 1.41. The third kappa shape index (κ3) is 5.54. The monoisotopic (exact) mass is 350 g/mol. The van der Waals surface area contributed by atoms with Crippen LogP contribution in [0.3, 0.4) is 0 Å². The lowest BCUT2D eigenvalue weighted by Crippen LogP contribution is -2.11. The van der Waals surface area contributed by atoms with Gasteiger partial charge in [-0.3, -0.25) is 0 Å². The van der Waals surface area contributed by atoms with Gasteiger partial charge >= 0.3 is 0 Å². The molecule has 2 aromatic rings. The number of para-hydroxylation sites is 1. The highest BCUT2D eigenvalue weighted by atomic mass is 32.1. The van der Waals surface area contributed by atoms with Crippen LogP contribution in [-0.4, -0.2) is 23.5 Å². The third-order valence-electron chi connectivity index (χ3n) is 4.77. The first-order valence-electron chi connectivity index (χ1n) is 9.42. The summed E-state index contributed by atoms with van der Waals surface area (Å²) in [5.41, 5.74) is 1.20. The number of nitrogens with zero attached hydrogens (tertiary/aromatic N) is 1. The predicted molar refractivity (Wildman–Crippen MR) is 110 cm³/mol. The van der Waals surface area contributed by atoms with Gasteiger partial charge in [-0.05, 0) is 31.4 Å². The standard InChI is InChI=1S/C20H33NPS/c1-4-7-14-22(15-8-5-2,16-9-6-3)17-20-21-18-12-10-11-13-19(18)23-20/h10-13H,4-9,14-17H2,1-3H3/q+1. The van der Waals surface area contributed by atoms with Crippen LogP contribution in [0.2, 0.25) is 0 Å². The molecule has 0 radical (unpaired) electrons. The van der Waals surface area contributed by atoms with E-state index in [1.807, 2.05) is 11.3 Å². The lowest BCUT2D eigenvalue weighted by molar-refractivity contribution is 0.831. The Morgan fingerprint density at radius 1 is 0.870 bits per heavy atom. The zero-order chi connectivity index (χ0) is 16.5. The molecule has 23 heavy (non-hydrogen) atoms. The first-order chi connectivity index (χ1) is 11.2. The van der Waals surface area contributed by atoms with Crippen molar-refractivity contribution in [2.24, 2.45) is 0 Å². The molecule has 0 saturated carbocycles. The Labute approximate surface area is 147 Å². The van der Waals surface area contributed by atoms with E-state index in [0.29, 0.717) is 0 Å². The van der Waals surface area contributed by atoms with Gasteiger partial charge in [0.05, 0.1) is 28.7 Å². The number of benzene rings is 1. The molecule has 0 fully saturated rings. The molecule has 1 nitrogen and oxygen atoms in total. The van der Waals surface area contributed by atoms with E-state index in [-0.39, 0.29) is 0 Å². The molecule has 0 spiro atoms. The van der Waals surface area contributed by atoms with E-state index in [1.54, 1.807) is 0 Å². The Morgan fingerprint density at radius 3 is 1.96 bits per heavy atom. The molecule has 2 rings (SSSR count). The van der Waals surface area contributed by atoms with Gasteiger partial charge in [0.25, 0.3) is 0 Å². The number of aromatic nitrogens is 1. The summed E-state index contributed by atoms with van der Waals surface area (Å²) in [4.78, 5) is 4.97. The van der Waals surface area contributed by atoms with Crippen molar-refractivity contribution >= 4 is 28.8 Å². The Hall–Kier alpha value is -0.460. The van der Waals surface area contributed by atoms with Gasteiger partial charge in [-0.1, -0.05) is 52.2 Å². The van der Waals surface area contributed by atoms with Gasteiger partial charge in [0.1, 0.15) is 11.2 Å². The molecule has 0 aliphatic carbocycles. The largest absolute Gasteiger partial charge is 0.237 e. The van der Waals surface area contributed by atoms with Gasteiger partial charge in [0.2, 0.25) is 0 Å². The Morgan fingerprint density at radius 2 is 1.43 bits per heavy atom. The number of thiazole rings is 1. The number of rotatable bonds is 11. The highest BCUT2D eigenvalue weighted by Gasteiger charge is 2.36. The van der Waals surface area contributed by atoms with Gasteiger partial charge in [0, 0.05) is 7.26 Å². The van der Waals surface area contributed by atoms with Gasteiger partial charge in [-0.25, -0.2) is 4.98 Å². The number of fused-ring (bicyclic) bond motifs is 1. The van der Waals surface area contributed by atoms with Crippen molar-refractivity contribution in [3.63, 3.8) is 0 Å². The van der Waals surface area contributed by atoms with E-state index in [2.05, 4.69) is 45.0 Å². The zero-order valence-electron chi connectivity index (χ0n) is 15.2. The molecule has 1 heterocycles. The summed E-state index contributed by atoms with van der Waals surface area (Å²) in [6.07, 6.45) is 14.0. The molecular formula is C20H33NPS+. The van der Waals surface area contributed by atoms with E-state index < -0.39 is 7.26 Å². The normalized spacial score (nSPS) is 12.1. The minimum Gasteiger partial charge on any atom is -0.237 e. The van der Waals surface area contributed by atoms with Gasteiger partial charge in [0.15, 0.2) is 0 Å². The first-order valence-corrected chi connectivity index (χ1v) is 12.8. The van der Waals surface area contributed by atoms with Crippen molar-refractivity contribution in [2.45, 2.75) is 65.5 Å². The van der Waals surface area contributed by atoms with Crippen molar-refractivity contribution in [1.82, 2.24) is 4.98 Å². The quantitative estimate of drug-likeness (QED) is 0.390. The summed E-state index contributed by atoms with van der Waals surface area (Å²) in [6, 6.07) is 8.64. The second-order valence-corrected chi connectivity index (χ2v) is 12.3. The maximum atomic E-state index is 4.97. The van der Waals surface area contributed by atoms with E-state index in [1.165, 1.54) is 78.4 Å². The summed E-state index contributed by atoms with van der Waals surface area (Å²) >= 11 is 1.94. The number of hydrogen-bond acceptors (Lipinski definition) is 2. The Kier molecular flexibility index (Phi) is 7.99. The van der Waals surface area contributed by atoms with Gasteiger partial charge < -0.3 is 0 Å². The molecule has 0 atom stereocenters. The molecule has 0 unspecified atom stereocenters. The molecule has 3 heteroatoms. The van der Waals surface area contributed by atoms with Crippen molar-refractivity contribution in [2.75, 3.05) is 18.5 Å². The van der Waals surface area contributed by atoms with E-state index in [0.717, 1.165) is 0 Å². The molecule has 0 saturated heterocycles. The fourth-order valence-electron chi connectivity index (χ4n) is 3.33. The van der Waals surface area contributed by atoms with E-state index in [4.69, 9.17) is 4.98 Å². The van der Waals surface area contributed by atoms with Crippen LogP contribution in [0.4, 0.5) is 0 Å². The van der Waals surface area contributed by atoms with Crippen molar-refractivity contribution < 1.29 is 0 Å².